The molecule has 0 spiro atoms. The smallest absolute Gasteiger partial charge is 0.325 e. The number of hydrogen-bond donors (Lipinski definition) is 0. The van der Waals surface area contributed by atoms with Crippen molar-refractivity contribution in [2.24, 2.45) is 7.05 Å². The molecule has 7 heteroatoms. The Kier molecular flexibility index (Phi) is 9.35. The van der Waals surface area contributed by atoms with Gasteiger partial charge >= 0.3 is 5.69 Å². The number of carbonyl (C=O) groups is 1. The van der Waals surface area contributed by atoms with Crippen molar-refractivity contribution < 1.29 is 4.79 Å². The number of aryl methyl sites for hydroxylation is 2. The molecule has 2 aromatic heterocycles. The first kappa shape index (κ1) is 23.1. The Morgan fingerprint density at radius 3 is 2.14 bits per heavy atom. The number of unbranched alkanes of at least 4 members (excludes halogenated alkanes) is 9. The van der Waals surface area contributed by atoms with Crippen LogP contribution < -0.4 is 11.2 Å². The van der Waals surface area contributed by atoms with E-state index in [1.807, 2.05) is 6.92 Å². The van der Waals surface area contributed by atoms with Gasteiger partial charge in [-0.2, -0.15) is 4.57 Å². The van der Waals surface area contributed by atoms with Crippen molar-refractivity contribution in [3.8, 4) is 0 Å². The first-order chi connectivity index (χ1) is 14.0. The highest BCUT2D eigenvalue weighted by Gasteiger charge is 2.20. The van der Waals surface area contributed by atoms with E-state index >= 15 is 0 Å². The molecule has 29 heavy (non-hydrogen) atoms. The highest BCUT2D eigenvalue weighted by molar-refractivity contribution is 5.81. The van der Waals surface area contributed by atoms with Crippen molar-refractivity contribution >= 4 is 17.1 Å². The minimum Gasteiger partial charge on any atom is -0.325 e. The average molecular weight is 405 g/mol. The Morgan fingerprint density at radius 1 is 0.897 bits per heavy atom. The molecule has 0 aliphatic carbocycles. The van der Waals surface area contributed by atoms with Gasteiger partial charge in [-0.25, -0.2) is 9.78 Å². The van der Waals surface area contributed by atoms with Gasteiger partial charge in [-0.15, -0.1) is 0 Å². The van der Waals surface area contributed by atoms with E-state index in [1.54, 1.807) is 17.9 Å². The van der Waals surface area contributed by atoms with Gasteiger partial charge in [0.2, 0.25) is 5.91 Å². The van der Waals surface area contributed by atoms with Gasteiger partial charge in [0.05, 0.1) is 6.33 Å². The molecule has 162 valence electrons. The minimum absolute atomic E-state index is 0.209. The Labute approximate surface area is 172 Å². The Bertz CT molecular complexity index is 907. The third kappa shape index (κ3) is 5.90. The SMILES string of the molecule is CCCCCCCCCCn1cnc2c1c(=O)n(C(=O)CCCCC)c(=O)n2C. The van der Waals surface area contributed by atoms with Crippen LogP contribution in [0.5, 0.6) is 0 Å². The Morgan fingerprint density at radius 2 is 1.48 bits per heavy atom. The van der Waals surface area contributed by atoms with E-state index in [4.69, 9.17) is 0 Å². The monoisotopic (exact) mass is 404 g/mol. The molecule has 0 aliphatic heterocycles. The number of hydrogen-bond acceptors (Lipinski definition) is 4. The van der Waals surface area contributed by atoms with Crippen LogP contribution in [0.2, 0.25) is 0 Å². The average Bonchev–Trinajstić information content (AvgIpc) is 3.13. The minimum atomic E-state index is -0.610. The lowest BCUT2D eigenvalue weighted by molar-refractivity contribution is 0.0888. The van der Waals surface area contributed by atoms with Crippen LogP contribution in [-0.2, 0) is 13.6 Å². The maximum absolute atomic E-state index is 13.0. The summed E-state index contributed by atoms with van der Waals surface area (Å²) < 4.78 is 3.90. The molecule has 7 nitrogen and oxygen atoms in total. The third-order valence-corrected chi connectivity index (χ3v) is 5.52. The highest BCUT2D eigenvalue weighted by atomic mass is 16.2. The van der Waals surface area contributed by atoms with Gasteiger partial charge < -0.3 is 4.57 Å². The lowest BCUT2D eigenvalue weighted by atomic mass is 10.1. The zero-order chi connectivity index (χ0) is 21.2. The number of fused-ring (bicyclic) bond motifs is 1. The standard InChI is InChI=1S/C22H36N4O3/c1-4-6-8-9-10-11-12-14-16-25-17-23-20-19(25)21(28)26(22(29)24(20)3)18(27)15-13-7-5-2/h17H,4-16H2,1-3H3. The highest BCUT2D eigenvalue weighted by Crippen LogP contribution is 2.11. The van der Waals surface area contributed by atoms with Gasteiger partial charge in [-0.3, -0.25) is 14.2 Å². The lowest BCUT2D eigenvalue weighted by Crippen LogP contribution is -2.43. The lowest BCUT2D eigenvalue weighted by Gasteiger charge is -2.09. The normalized spacial score (nSPS) is 11.4. The molecule has 0 saturated carbocycles. The summed E-state index contributed by atoms with van der Waals surface area (Å²) >= 11 is 0. The predicted molar refractivity (Wildman–Crippen MR) is 117 cm³/mol. The zero-order valence-corrected chi connectivity index (χ0v) is 18.3. The number of carbonyl (C=O) groups excluding carboxylic acids is 1. The topological polar surface area (TPSA) is 78.9 Å². The van der Waals surface area contributed by atoms with E-state index < -0.39 is 17.2 Å². The molecule has 0 unspecified atom stereocenters. The zero-order valence-electron chi connectivity index (χ0n) is 18.3. The predicted octanol–water partition coefficient (Wildman–Crippen LogP) is 4.26. The fourth-order valence-corrected chi connectivity index (χ4v) is 3.71. The van der Waals surface area contributed by atoms with Gasteiger partial charge in [-0.1, -0.05) is 71.6 Å². The molecular weight excluding hydrogens is 368 g/mol. The molecule has 0 aromatic carbocycles. The number of imidazole rings is 1. The second kappa shape index (κ2) is 11.7. The molecule has 2 aromatic rings. The van der Waals surface area contributed by atoms with Crippen molar-refractivity contribution in [3.05, 3.63) is 27.2 Å². The van der Waals surface area contributed by atoms with Gasteiger partial charge in [0.1, 0.15) is 0 Å². The Balaban J connectivity index is 2.10. The van der Waals surface area contributed by atoms with Crippen molar-refractivity contribution in [2.45, 2.75) is 97.4 Å². The fourth-order valence-electron chi connectivity index (χ4n) is 3.71. The molecule has 0 amide bonds. The molecule has 0 aliphatic rings. The molecule has 0 radical (unpaired) electrons. The number of rotatable bonds is 13. The van der Waals surface area contributed by atoms with Crippen LogP contribution in [0.3, 0.4) is 0 Å². The first-order valence-corrected chi connectivity index (χ1v) is 11.2. The van der Waals surface area contributed by atoms with E-state index in [2.05, 4.69) is 11.9 Å². The largest absolute Gasteiger partial charge is 0.339 e. The summed E-state index contributed by atoms with van der Waals surface area (Å²) in [6, 6.07) is 0. The Hall–Kier alpha value is -2.18. The summed E-state index contributed by atoms with van der Waals surface area (Å²) in [5.74, 6) is -0.425. The number of nitrogens with zero attached hydrogens (tertiary/aromatic N) is 4. The second-order valence-electron chi connectivity index (χ2n) is 7.92. The van der Waals surface area contributed by atoms with Crippen LogP contribution in [-0.4, -0.2) is 24.6 Å². The van der Waals surface area contributed by atoms with Gasteiger partial charge in [-0.05, 0) is 12.8 Å². The van der Waals surface area contributed by atoms with Crippen LogP contribution in [0.1, 0.15) is 95.7 Å². The molecule has 0 fully saturated rings. The maximum atomic E-state index is 13.0. The summed E-state index contributed by atoms with van der Waals surface area (Å²) in [7, 11) is 1.56. The molecule has 0 atom stereocenters. The summed E-state index contributed by atoms with van der Waals surface area (Å²) in [5, 5.41) is 0. The van der Waals surface area contributed by atoms with Crippen LogP contribution in [0.15, 0.2) is 15.9 Å². The summed E-state index contributed by atoms with van der Waals surface area (Å²) in [6.45, 7) is 4.94. The van der Waals surface area contributed by atoms with Gasteiger partial charge in [0.25, 0.3) is 5.56 Å². The van der Waals surface area contributed by atoms with E-state index in [0.29, 0.717) is 24.1 Å². The van der Waals surface area contributed by atoms with Crippen LogP contribution >= 0.6 is 0 Å². The molecule has 0 N–H and O–H groups in total. The van der Waals surface area contributed by atoms with E-state index in [0.717, 1.165) is 30.3 Å². The van der Waals surface area contributed by atoms with Crippen molar-refractivity contribution in [2.75, 3.05) is 0 Å². The summed E-state index contributed by atoms with van der Waals surface area (Å²) in [6.07, 6.45) is 14.0. The summed E-state index contributed by atoms with van der Waals surface area (Å²) in [5.41, 5.74) is -0.459. The van der Waals surface area contributed by atoms with Gasteiger partial charge in [0, 0.05) is 20.0 Å². The van der Waals surface area contributed by atoms with Crippen molar-refractivity contribution in [1.29, 1.82) is 0 Å². The van der Waals surface area contributed by atoms with E-state index in [9.17, 15) is 14.4 Å². The maximum Gasteiger partial charge on any atom is 0.339 e. The van der Waals surface area contributed by atoms with Crippen LogP contribution in [0.4, 0.5) is 0 Å². The molecule has 2 heterocycles. The van der Waals surface area contributed by atoms with E-state index in [1.165, 1.54) is 43.1 Å². The quantitative estimate of drug-likeness (QED) is 0.467. The van der Waals surface area contributed by atoms with Crippen LogP contribution in [0.25, 0.3) is 11.2 Å². The third-order valence-electron chi connectivity index (χ3n) is 5.52. The molecular formula is C22H36N4O3. The molecule has 0 saturated heterocycles. The second-order valence-corrected chi connectivity index (χ2v) is 7.92. The summed E-state index contributed by atoms with van der Waals surface area (Å²) in [4.78, 5) is 42.3. The number of aromatic nitrogens is 4. The fraction of sp³-hybridized carbons (Fsp3) is 0.727. The molecule has 2 rings (SSSR count). The van der Waals surface area contributed by atoms with Gasteiger partial charge in [0.15, 0.2) is 11.2 Å². The van der Waals surface area contributed by atoms with Crippen molar-refractivity contribution in [1.82, 2.24) is 18.7 Å². The van der Waals surface area contributed by atoms with Crippen molar-refractivity contribution in [3.63, 3.8) is 0 Å². The first-order valence-electron chi connectivity index (χ1n) is 11.2. The van der Waals surface area contributed by atoms with Crippen LogP contribution in [0, 0.1) is 0 Å². The van der Waals surface area contributed by atoms with E-state index in [-0.39, 0.29) is 6.42 Å². The molecule has 0 bridgehead atoms.